The molecule has 0 saturated heterocycles. The van der Waals surface area contributed by atoms with Crippen molar-refractivity contribution < 1.29 is 4.79 Å². The number of carbonyl (C=O) groups excluding carboxylic acids is 1. The van der Waals surface area contributed by atoms with E-state index in [0.717, 1.165) is 0 Å². The first kappa shape index (κ1) is 8.67. The van der Waals surface area contributed by atoms with Gasteiger partial charge >= 0.3 is 0 Å². The van der Waals surface area contributed by atoms with Crippen molar-refractivity contribution in [2.75, 3.05) is 5.32 Å². The molecule has 1 rings (SSSR count). The summed E-state index contributed by atoms with van der Waals surface area (Å²) >= 11 is 0. The number of nitrogens with one attached hydrogen (secondary N) is 1. The molecule has 0 spiro atoms. The number of pyridine rings is 1. The monoisotopic (exact) mass is 165 g/mol. The van der Waals surface area contributed by atoms with Gasteiger partial charge in [-0.25, -0.2) is 0 Å². The summed E-state index contributed by atoms with van der Waals surface area (Å²) in [5.41, 5.74) is 6.07. The number of nitrogens with two attached hydrogens (primary N) is 1. The van der Waals surface area contributed by atoms with E-state index < -0.39 is 6.04 Å². The number of carbonyl (C=O) groups is 1. The number of rotatable bonds is 2. The Morgan fingerprint density at radius 2 is 2.17 bits per heavy atom. The summed E-state index contributed by atoms with van der Waals surface area (Å²) in [4.78, 5) is 14.9. The van der Waals surface area contributed by atoms with Gasteiger partial charge in [0.15, 0.2) is 0 Å². The molecule has 0 saturated carbocycles. The van der Waals surface area contributed by atoms with Crippen molar-refractivity contribution in [3.63, 3.8) is 0 Å². The molecule has 64 valence electrons. The van der Waals surface area contributed by atoms with Crippen LogP contribution < -0.4 is 11.1 Å². The van der Waals surface area contributed by atoms with Crippen LogP contribution in [0.3, 0.4) is 0 Å². The molecule has 4 heteroatoms. The molecular formula is C8H11N3O. The predicted octanol–water partition coefficient (Wildman–Crippen LogP) is 0.367. The zero-order valence-electron chi connectivity index (χ0n) is 6.82. The van der Waals surface area contributed by atoms with Gasteiger partial charge in [0.2, 0.25) is 5.91 Å². The molecule has 3 N–H and O–H groups in total. The van der Waals surface area contributed by atoms with Gasteiger partial charge in [-0.1, -0.05) is 0 Å². The van der Waals surface area contributed by atoms with E-state index in [0.29, 0.717) is 5.69 Å². The molecule has 0 radical (unpaired) electrons. The minimum Gasteiger partial charge on any atom is -0.325 e. The van der Waals surface area contributed by atoms with Crippen molar-refractivity contribution in [2.24, 2.45) is 5.73 Å². The summed E-state index contributed by atoms with van der Waals surface area (Å²) in [5.74, 6) is -0.193. The number of hydrogen-bond acceptors (Lipinski definition) is 3. The van der Waals surface area contributed by atoms with Crippen LogP contribution in [0.15, 0.2) is 24.5 Å². The van der Waals surface area contributed by atoms with Crippen LogP contribution in [0, 0.1) is 0 Å². The first-order valence-corrected chi connectivity index (χ1v) is 3.66. The molecule has 4 nitrogen and oxygen atoms in total. The van der Waals surface area contributed by atoms with Crippen LogP contribution >= 0.6 is 0 Å². The van der Waals surface area contributed by atoms with Gasteiger partial charge in [0.25, 0.3) is 0 Å². The molecule has 1 heterocycles. The van der Waals surface area contributed by atoms with Crippen molar-refractivity contribution in [3.05, 3.63) is 24.5 Å². The Kier molecular flexibility index (Phi) is 2.76. The van der Waals surface area contributed by atoms with Crippen LogP contribution in [0.25, 0.3) is 0 Å². The van der Waals surface area contributed by atoms with E-state index in [9.17, 15) is 4.79 Å². The lowest BCUT2D eigenvalue weighted by molar-refractivity contribution is -0.117. The van der Waals surface area contributed by atoms with E-state index in [-0.39, 0.29) is 5.91 Å². The molecule has 0 aliphatic heterocycles. The van der Waals surface area contributed by atoms with Crippen LogP contribution in [0.1, 0.15) is 6.92 Å². The maximum Gasteiger partial charge on any atom is 0.241 e. The zero-order chi connectivity index (χ0) is 8.97. The lowest BCUT2D eigenvalue weighted by Gasteiger charge is -2.06. The average molecular weight is 165 g/mol. The number of amides is 1. The Morgan fingerprint density at radius 1 is 1.58 bits per heavy atom. The second kappa shape index (κ2) is 3.82. The Morgan fingerprint density at radius 3 is 2.67 bits per heavy atom. The van der Waals surface area contributed by atoms with Gasteiger partial charge in [0.05, 0.1) is 6.04 Å². The summed E-state index contributed by atoms with van der Waals surface area (Å²) < 4.78 is 0. The number of nitrogens with zero attached hydrogens (tertiary/aromatic N) is 1. The van der Waals surface area contributed by atoms with Crippen LogP contribution in [0.5, 0.6) is 0 Å². The van der Waals surface area contributed by atoms with E-state index in [4.69, 9.17) is 5.73 Å². The molecule has 0 aliphatic rings. The highest BCUT2D eigenvalue weighted by molar-refractivity contribution is 5.94. The Balaban J connectivity index is 2.59. The molecular weight excluding hydrogens is 154 g/mol. The Hall–Kier alpha value is -1.42. The molecule has 1 atom stereocenters. The first-order chi connectivity index (χ1) is 5.70. The van der Waals surface area contributed by atoms with Gasteiger partial charge in [-0.15, -0.1) is 0 Å². The maximum atomic E-state index is 11.1. The standard InChI is InChI=1S/C8H11N3O/c1-6(9)8(12)11-7-2-4-10-5-3-7/h2-6H,9H2,1H3,(H,10,11,12)/t6-/m1/s1. The van der Waals surface area contributed by atoms with Crippen LogP contribution in [0.2, 0.25) is 0 Å². The Bertz CT molecular complexity index is 258. The first-order valence-electron chi connectivity index (χ1n) is 3.66. The highest BCUT2D eigenvalue weighted by Gasteiger charge is 2.05. The van der Waals surface area contributed by atoms with Gasteiger partial charge in [-0.3, -0.25) is 9.78 Å². The van der Waals surface area contributed by atoms with Crippen molar-refractivity contribution in [2.45, 2.75) is 13.0 Å². The van der Waals surface area contributed by atoms with Gasteiger partial charge < -0.3 is 11.1 Å². The van der Waals surface area contributed by atoms with Gasteiger partial charge in [-0.05, 0) is 19.1 Å². The summed E-state index contributed by atoms with van der Waals surface area (Å²) in [6.07, 6.45) is 3.22. The van der Waals surface area contributed by atoms with Crippen molar-refractivity contribution in [1.29, 1.82) is 0 Å². The lowest BCUT2D eigenvalue weighted by atomic mass is 10.3. The molecule has 0 aromatic carbocycles. The minimum absolute atomic E-state index is 0.193. The van der Waals surface area contributed by atoms with Gasteiger partial charge in [0, 0.05) is 18.1 Å². The number of hydrogen-bond donors (Lipinski definition) is 2. The molecule has 1 aromatic rings. The van der Waals surface area contributed by atoms with Gasteiger partial charge in [-0.2, -0.15) is 0 Å². The van der Waals surface area contributed by atoms with E-state index in [2.05, 4.69) is 10.3 Å². The van der Waals surface area contributed by atoms with E-state index >= 15 is 0 Å². The van der Waals surface area contributed by atoms with Crippen LogP contribution in [0.4, 0.5) is 5.69 Å². The van der Waals surface area contributed by atoms with E-state index in [1.807, 2.05) is 0 Å². The molecule has 0 unspecified atom stereocenters. The average Bonchev–Trinajstić information content (AvgIpc) is 2.06. The fourth-order valence-electron chi connectivity index (χ4n) is 0.691. The third-order valence-electron chi connectivity index (χ3n) is 1.36. The SMILES string of the molecule is C[C@@H](N)C(=O)Nc1ccncc1. The molecule has 0 aliphatic carbocycles. The number of aromatic nitrogens is 1. The normalized spacial score (nSPS) is 12.2. The van der Waals surface area contributed by atoms with E-state index in [1.54, 1.807) is 31.5 Å². The highest BCUT2D eigenvalue weighted by Crippen LogP contribution is 2.02. The molecule has 0 fully saturated rings. The fourth-order valence-corrected chi connectivity index (χ4v) is 0.691. The van der Waals surface area contributed by atoms with Crippen molar-refractivity contribution >= 4 is 11.6 Å². The smallest absolute Gasteiger partial charge is 0.241 e. The molecule has 12 heavy (non-hydrogen) atoms. The lowest BCUT2D eigenvalue weighted by Crippen LogP contribution is -2.32. The fraction of sp³-hybridized carbons (Fsp3) is 0.250. The minimum atomic E-state index is -0.488. The van der Waals surface area contributed by atoms with Crippen molar-refractivity contribution in [3.8, 4) is 0 Å². The topological polar surface area (TPSA) is 68.0 Å². The highest BCUT2D eigenvalue weighted by atomic mass is 16.2. The summed E-state index contributed by atoms with van der Waals surface area (Å²) in [6, 6.07) is 2.93. The summed E-state index contributed by atoms with van der Waals surface area (Å²) in [5, 5.41) is 2.64. The number of anilines is 1. The summed E-state index contributed by atoms with van der Waals surface area (Å²) in [7, 11) is 0. The molecule has 1 aromatic heterocycles. The summed E-state index contributed by atoms with van der Waals surface area (Å²) in [6.45, 7) is 1.64. The Labute approximate surface area is 70.8 Å². The van der Waals surface area contributed by atoms with Crippen molar-refractivity contribution in [1.82, 2.24) is 4.98 Å². The molecule has 1 amide bonds. The second-order valence-electron chi connectivity index (χ2n) is 2.51. The maximum absolute atomic E-state index is 11.1. The third kappa shape index (κ3) is 2.32. The van der Waals surface area contributed by atoms with Gasteiger partial charge in [0.1, 0.15) is 0 Å². The third-order valence-corrected chi connectivity index (χ3v) is 1.36. The molecule has 0 bridgehead atoms. The van der Waals surface area contributed by atoms with Crippen LogP contribution in [-0.4, -0.2) is 16.9 Å². The largest absolute Gasteiger partial charge is 0.325 e. The zero-order valence-corrected chi connectivity index (χ0v) is 6.82. The second-order valence-corrected chi connectivity index (χ2v) is 2.51. The quantitative estimate of drug-likeness (QED) is 0.665. The predicted molar refractivity (Wildman–Crippen MR) is 46.5 cm³/mol. The van der Waals surface area contributed by atoms with Crippen LogP contribution in [-0.2, 0) is 4.79 Å². The van der Waals surface area contributed by atoms with E-state index in [1.165, 1.54) is 0 Å².